The lowest BCUT2D eigenvalue weighted by atomic mass is 10.1. The maximum absolute atomic E-state index is 11.9. The van der Waals surface area contributed by atoms with E-state index in [2.05, 4.69) is 20.6 Å². The molecule has 2 N–H and O–H groups in total. The van der Waals surface area contributed by atoms with E-state index in [0.717, 1.165) is 0 Å². The number of aryl methyl sites for hydroxylation is 1. The van der Waals surface area contributed by atoms with E-state index < -0.39 is 16.7 Å². The molecule has 1 rings (SSSR count). The van der Waals surface area contributed by atoms with Gasteiger partial charge in [0.25, 0.3) is 11.6 Å². The monoisotopic (exact) mass is 322 g/mol. The number of ether oxygens (including phenoxy) is 1. The molecule has 0 saturated heterocycles. The molecular formula is C14H18N4O5. The van der Waals surface area contributed by atoms with Gasteiger partial charge in [0.05, 0.1) is 17.0 Å². The number of methoxy groups -OCH3 is 1. The van der Waals surface area contributed by atoms with Crippen LogP contribution >= 0.6 is 0 Å². The SMILES string of the molecule is COCC(=O)N/N=C(\C)CC(=O)Nc1cc([N+](=O)[O-])ccc1C. The molecule has 1 aromatic rings. The number of carbonyl (C=O) groups is 2. The summed E-state index contributed by atoms with van der Waals surface area (Å²) in [7, 11) is 1.38. The highest BCUT2D eigenvalue weighted by Crippen LogP contribution is 2.21. The molecule has 1 aromatic carbocycles. The second kappa shape index (κ2) is 8.59. The predicted octanol–water partition coefficient (Wildman–Crippen LogP) is 1.37. The zero-order chi connectivity index (χ0) is 17.4. The van der Waals surface area contributed by atoms with E-state index >= 15 is 0 Å². The van der Waals surface area contributed by atoms with Crippen LogP contribution in [0, 0.1) is 17.0 Å². The summed E-state index contributed by atoms with van der Waals surface area (Å²) >= 11 is 0. The standard InChI is InChI=1S/C14H18N4O5/c1-9-4-5-11(18(21)22)7-12(9)15-13(19)6-10(2)16-17-14(20)8-23-3/h4-5,7H,6,8H2,1-3H3,(H,15,19)(H,17,20)/b16-10+. The predicted molar refractivity (Wildman–Crippen MR) is 84.2 cm³/mol. The van der Waals surface area contributed by atoms with Crippen LogP contribution in [0.15, 0.2) is 23.3 Å². The first kappa shape index (κ1) is 18.2. The topological polar surface area (TPSA) is 123 Å². The van der Waals surface area contributed by atoms with Gasteiger partial charge in [0.2, 0.25) is 5.91 Å². The molecule has 9 nitrogen and oxygen atoms in total. The molecule has 0 radical (unpaired) electrons. The van der Waals surface area contributed by atoms with Gasteiger partial charge in [-0.2, -0.15) is 5.10 Å². The number of carbonyl (C=O) groups excluding carboxylic acids is 2. The molecule has 0 aliphatic heterocycles. The van der Waals surface area contributed by atoms with E-state index in [4.69, 9.17) is 0 Å². The summed E-state index contributed by atoms with van der Waals surface area (Å²) in [5.41, 5.74) is 3.58. The maximum atomic E-state index is 11.9. The number of amides is 2. The summed E-state index contributed by atoms with van der Waals surface area (Å²) in [5.74, 6) is -0.822. The quantitative estimate of drug-likeness (QED) is 0.446. The molecule has 0 aromatic heterocycles. The molecule has 0 aliphatic rings. The number of rotatable bonds is 7. The van der Waals surface area contributed by atoms with Crippen molar-refractivity contribution in [2.24, 2.45) is 5.10 Å². The summed E-state index contributed by atoms with van der Waals surface area (Å²) < 4.78 is 4.62. The second-order valence-corrected chi connectivity index (χ2v) is 4.80. The fraction of sp³-hybridized carbons (Fsp3) is 0.357. The van der Waals surface area contributed by atoms with Crippen molar-refractivity contribution in [3.8, 4) is 0 Å². The first-order chi connectivity index (χ1) is 10.8. The molecule has 23 heavy (non-hydrogen) atoms. The van der Waals surface area contributed by atoms with Crippen molar-refractivity contribution in [2.75, 3.05) is 19.0 Å². The Hall–Kier alpha value is -2.81. The highest BCUT2D eigenvalue weighted by Gasteiger charge is 2.12. The number of nitro groups is 1. The van der Waals surface area contributed by atoms with Gasteiger partial charge >= 0.3 is 0 Å². The van der Waals surface area contributed by atoms with Crippen molar-refractivity contribution < 1.29 is 19.2 Å². The molecule has 0 saturated carbocycles. The molecule has 0 heterocycles. The number of nitrogens with one attached hydrogen (secondary N) is 2. The third-order valence-electron chi connectivity index (χ3n) is 2.77. The van der Waals surface area contributed by atoms with Crippen molar-refractivity contribution in [3.63, 3.8) is 0 Å². The minimum absolute atomic E-state index is 0.0601. The number of non-ortho nitro benzene ring substituents is 1. The second-order valence-electron chi connectivity index (χ2n) is 4.80. The third kappa shape index (κ3) is 6.22. The lowest BCUT2D eigenvalue weighted by Gasteiger charge is -2.08. The van der Waals surface area contributed by atoms with Gasteiger partial charge in [-0.25, -0.2) is 5.43 Å². The van der Waals surface area contributed by atoms with Gasteiger partial charge in [0, 0.05) is 25.0 Å². The van der Waals surface area contributed by atoms with Gasteiger partial charge < -0.3 is 10.1 Å². The van der Waals surface area contributed by atoms with E-state index in [1.54, 1.807) is 19.9 Å². The number of nitrogens with zero attached hydrogens (tertiary/aromatic N) is 2. The number of nitro benzene ring substituents is 1. The van der Waals surface area contributed by atoms with Crippen LogP contribution < -0.4 is 10.7 Å². The number of benzene rings is 1. The van der Waals surface area contributed by atoms with Crippen molar-refractivity contribution in [3.05, 3.63) is 33.9 Å². The summed E-state index contributed by atoms with van der Waals surface area (Å²) in [6.07, 6.45) is -0.0601. The van der Waals surface area contributed by atoms with Crippen LogP contribution in [-0.2, 0) is 14.3 Å². The average molecular weight is 322 g/mol. The summed E-state index contributed by atoms with van der Waals surface area (Å²) in [4.78, 5) is 33.3. The van der Waals surface area contributed by atoms with Crippen molar-refractivity contribution in [1.82, 2.24) is 5.43 Å². The van der Waals surface area contributed by atoms with Crippen LogP contribution in [0.4, 0.5) is 11.4 Å². The van der Waals surface area contributed by atoms with Crippen LogP contribution in [-0.4, -0.2) is 36.2 Å². The van der Waals surface area contributed by atoms with Gasteiger partial charge in [0.15, 0.2) is 0 Å². The van der Waals surface area contributed by atoms with E-state index in [1.807, 2.05) is 0 Å². The zero-order valence-corrected chi connectivity index (χ0v) is 13.1. The van der Waals surface area contributed by atoms with E-state index in [1.165, 1.54) is 19.2 Å². The molecule has 0 spiro atoms. The fourth-order valence-electron chi connectivity index (χ4n) is 1.65. The molecule has 0 atom stereocenters. The van der Waals surface area contributed by atoms with Crippen LogP contribution in [0.2, 0.25) is 0 Å². The minimum Gasteiger partial charge on any atom is -0.375 e. The van der Waals surface area contributed by atoms with Crippen LogP contribution in [0.3, 0.4) is 0 Å². The largest absolute Gasteiger partial charge is 0.375 e. The summed E-state index contributed by atoms with van der Waals surface area (Å²) in [6.45, 7) is 3.17. The van der Waals surface area contributed by atoms with Gasteiger partial charge in [0.1, 0.15) is 6.61 Å². The number of hydrogen-bond acceptors (Lipinski definition) is 6. The van der Waals surface area contributed by atoms with Gasteiger partial charge in [-0.05, 0) is 19.4 Å². The fourth-order valence-corrected chi connectivity index (χ4v) is 1.65. The molecule has 0 unspecified atom stereocenters. The molecule has 0 fully saturated rings. The number of anilines is 1. The summed E-state index contributed by atoms with van der Waals surface area (Å²) in [6, 6.07) is 4.21. The Labute approximate surface area is 132 Å². The zero-order valence-electron chi connectivity index (χ0n) is 13.1. The van der Waals surface area contributed by atoms with Crippen molar-refractivity contribution in [1.29, 1.82) is 0 Å². The number of hydrazone groups is 1. The average Bonchev–Trinajstić information content (AvgIpc) is 2.47. The maximum Gasteiger partial charge on any atom is 0.271 e. The Balaban J connectivity index is 2.66. The van der Waals surface area contributed by atoms with Crippen LogP contribution in [0.5, 0.6) is 0 Å². The van der Waals surface area contributed by atoms with E-state index in [9.17, 15) is 19.7 Å². The summed E-state index contributed by atoms with van der Waals surface area (Å²) in [5, 5.41) is 17.1. The molecule has 124 valence electrons. The molecule has 2 amide bonds. The Bertz CT molecular complexity index is 642. The molecule has 0 bridgehead atoms. The highest BCUT2D eigenvalue weighted by atomic mass is 16.6. The first-order valence-electron chi connectivity index (χ1n) is 6.69. The normalized spacial score (nSPS) is 11.0. The van der Waals surface area contributed by atoms with Crippen molar-refractivity contribution in [2.45, 2.75) is 20.3 Å². The third-order valence-corrected chi connectivity index (χ3v) is 2.77. The highest BCUT2D eigenvalue weighted by molar-refractivity contribution is 6.06. The Morgan fingerprint density at radius 2 is 2.04 bits per heavy atom. The molecule has 9 heteroatoms. The number of hydrogen-bond donors (Lipinski definition) is 2. The molecular weight excluding hydrogens is 304 g/mol. The van der Waals surface area contributed by atoms with Gasteiger partial charge in [-0.3, -0.25) is 19.7 Å². The lowest BCUT2D eigenvalue weighted by molar-refractivity contribution is -0.384. The van der Waals surface area contributed by atoms with Gasteiger partial charge in [-0.15, -0.1) is 0 Å². The minimum atomic E-state index is -0.535. The van der Waals surface area contributed by atoms with E-state index in [0.29, 0.717) is 17.0 Å². The molecule has 0 aliphatic carbocycles. The van der Waals surface area contributed by atoms with Crippen molar-refractivity contribution >= 4 is 28.9 Å². The van der Waals surface area contributed by atoms with Crippen LogP contribution in [0.1, 0.15) is 18.9 Å². The Morgan fingerprint density at radius 3 is 2.65 bits per heavy atom. The lowest BCUT2D eigenvalue weighted by Crippen LogP contribution is -2.24. The van der Waals surface area contributed by atoms with Crippen LogP contribution in [0.25, 0.3) is 0 Å². The van der Waals surface area contributed by atoms with E-state index in [-0.39, 0.29) is 18.7 Å². The van der Waals surface area contributed by atoms with Gasteiger partial charge in [-0.1, -0.05) is 6.07 Å². The Morgan fingerprint density at radius 1 is 1.35 bits per heavy atom. The Kier molecular flexibility index (Phi) is 6.81. The first-order valence-corrected chi connectivity index (χ1v) is 6.69. The smallest absolute Gasteiger partial charge is 0.271 e.